The summed E-state index contributed by atoms with van der Waals surface area (Å²) in [7, 11) is 0. The highest BCUT2D eigenvalue weighted by Gasteiger charge is 2.21. The molecular formula is C11H10F2N4. The molecule has 1 aliphatic heterocycles. The van der Waals surface area contributed by atoms with E-state index in [0.29, 0.717) is 5.69 Å². The molecule has 0 saturated carbocycles. The van der Waals surface area contributed by atoms with E-state index in [1.54, 1.807) is 10.9 Å². The molecule has 1 aromatic heterocycles. The van der Waals surface area contributed by atoms with Crippen LogP contribution in [0.1, 0.15) is 6.04 Å². The molecule has 0 spiro atoms. The maximum atomic E-state index is 13.5. The van der Waals surface area contributed by atoms with Gasteiger partial charge in [-0.1, -0.05) is 5.21 Å². The molecule has 0 amide bonds. The van der Waals surface area contributed by atoms with Crippen molar-refractivity contribution in [3.8, 4) is 11.3 Å². The molecule has 2 aromatic rings. The van der Waals surface area contributed by atoms with Gasteiger partial charge in [-0.05, 0) is 18.2 Å². The van der Waals surface area contributed by atoms with Gasteiger partial charge in [0.1, 0.15) is 17.3 Å². The van der Waals surface area contributed by atoms with Crippen LogP contribution in [0.4, 0.5) is 8.78 Å². The van der Waals surface area contributed by atoms with Crippen molar-refractivity contribution in [1.82, 2.24) is 20.3 Å². The third-order valence-electron chi connectivity index (χ3n) is 2.85. The highest BCUT2D eigenvalue weighted by atomic mass is 19.1. The van der Waals surface area contributed by atoms with Crippen molar-refractivity contribution in [1.29, 1.82) is 0 Å². The molecule has 0 aliphatic carbocycles. The average Bonchev–Trinajstić information content (AvgIpc) is 2.68. The fourth-order valence-electron chi connectivity index (χ4n) is 1.73. The van der Waals surface area contributed by atoms with E-state index in [1.165, 1.54) is 0 Å². The van der Waals surface area contributed by atoms with E-state index in [4.69, 9.17) is 0 Å². The van der Waals surface area contributed by atoms with Crippen molar-refractivity contribution in [2.45, 2.75) is 6.04 Å². The minimum atomic E-state index is -0.495. The zero-order chi connectivity index (χ0) is 11.8. The van der Waals surface area contributed by atoms with E-state index in [0.717, 1.165) is 31.3 Å². The van der Waals surface area contributed by atoms with Gasteiger partial charge in [0, 0.05) is 18.7 Å². The molecule has 0 radical (unpaired) electrons. The van der Waals surface area contributed by atoms with Gasteiger partial charge < -0.3 is 5.32 Å². The van der Waals surface area contributed by atoms with Crippen LogP contribution in [0.5, 0.6) is 0 Å². The molecule has 1 aromatic carbocycles. The Kier molecular flexibility index (Phi) is 2.36. The summed E-state index contributed by atoms with van der Waals surface area (Å²) in [6, 6.07) is 3.56. The van der Waals surface area contributed by atoms with Crippen LogP contribution in [-0.2, 0) is 0 Å². The topological polar surface area (TPSA) is 42.7 Å². The minimum Gasteiger partial charge on any atom is -0.312 e. The van der Waals surface area contributed by atoms with Crippen LogP contribution in [0.15, 0.2) is 24.4 Å². The molecule has 0 unspecified atom stereocenters. The predicted molar refractivity (Wildman–Crippen MR) is 57.3 cm³/mol. The molecule has 0 atom stereocenters. The molecule has 17 heavy (non-hydrogen) atoms. The molecule has 1 saturated heterocycles. The Bertz CT molecular complexity index is 548. The summed E-state index contributed by atoms with van der Waals surface area (Å²) in [6.45, 7) is 1.66. The molecule has 4 nitrogen and oxygen atoms in total. The first kappa shape index (κ1) is 10.3. The maximum absolute atomic E-state index is 13.5. The van der Waals surface area contributed by atoms with Gasteiger partial charge in [0.25, 0.3) is 0 Å². The van der Waals surface area contributed by atoms with E-state index in [9.17, 15) is 8.78 Å². The number of nitrogens with zero attached hydrogens (tertiary/aromatic N) is 3. The Morgan fingerprint density at radius 2 is 2.12 bits per heavy atom. The number of nitrogens with one attached hydrogen (secondary N) is 1. The lowest BCUT2D eigenvalue weighted by Gasteiger charge is -2.26. The zero-order valence-electron chi connectivity index (χ0n) is 8.90. The van der Waals surface area contributed by atoms with Crippen LogP contribution in [0, 0.1) is 11.6 Å². The number of hydrogen-bond acceptors (Lipinski definition) is 3. The van der Waals surface area contributed by atoms with Crippen LogP contribution in [-0.4, -0.2) is 28.1 Å². The Labute approximate surface area is 96.3 Å². The summed E-state index contributed by atoms with van der Waals surface area (Å²) in [5.41, 5.74) is 0.498. The Hall–Kier alpha value is -1.82. The average molecular weight is 236 g/mol. The summed E-state index contributed by atoms with van der Waals surface area (Å²) in [6.07, 6.45) is 1.64. The van der Waals surface area contributed by atoms with Crippen LogP contribution in [0.25, 0.3) is 11.3 Å². The predicted octanol–water partition coefficient (Wildman–Crippen LogP) is 1.37. The van der Waals surface area contributed by atoms with Gasteiger partial charge in [-0.2, -0.15) is 0 Å². The number of hydrogen-bond donors (Lipinski definition) is 1. The van der Waals surface area contributed by atoms with Crippen molar-refractivity contribution in [2.75, 3.05) is 13.1 Å². The van der Waals surface area contributed by atoms with Gasteiger partial charge in [-0.25, -0.2) is 13.5 Å². The second-order valence-electron chi connectivity index (χ2n) is 4.02. The third-order valence-corrected chi connectivity index (χ3v) is 2.85. The molecule has 0 bridgehead atoms. The van der Waals surface area contributed by atoms with Crippen LogP contribution in [0.2, 0.25) is 0 Å². The van der Waals surface area contributed by atoms with Crippen molar-refractivity contribution in [2.24, 2.45) is 0 Å². The Morgan fingerprint density at radius 3 is 2.82 bits per heavy atom. The summed E-state index contributed by atoms with van der Waals surface area (Å²) < 4.78 is 28.2. The summed E-state index contributed by atoms with van der Waals surface area (Å²) in [5.74, 6) is -0.980. The number of aromatic nitrogens is 3. The van der Waals surface area contributed by atoms with Gasteiger partial charge in [-0.15, -0.1) is 5.10 Å². The summed E-state index contributed by atoms with van der Waals surface area (Å²) in [4.78, 5) is 0. The molecule has 1 fully saturated rings. The van der Waals surface area contributed by atoms with Gasteiger partial charge in [-0.3, -0.25) is 0 Å². The van der Waals surface area contributed by atoms with E-state index in [2.05, 4.69) is 15.6 Å². The standard InChI is InChI=1S/C11H10F2N4/c12-7-1-2-10(13)9(3-7)11-6-17(16-15-11)8-4-14-5-8/h1-3,6,8,14H,4-5H2. The quantitative estimate of drug-likeness (QED) is 0.856. The molecule has 2 heterocycles. The van der Waals surface area contributed by atoms with E-state index < -0.39 is 11.6 Å². The van der Waals surface area contributed by atoms with Crippen molar-refractivity contribution >= 4 is 0 Å². The lowest BCUT2D eigenvalue weighted by Crippen LogP contribution is -2.43. The second-order valence-corrected chi connectivity index (χ2v) is 4.02. The van der Waals surface area contributed by atoms with Gasteiger partial charge in [0.15, 0.2) is 0 Å². The lowest BCUT2D eigenvalue weighted by atomic mass is 10.1. The van der Waals surface area contributed by atoms with Crippen molar-refractivity contribution in [3.63, 3.8) is 0 Å². The lowest BCUT2D eigenvalue weighted by molar-refractivity contribution is 0.313. The zero-order valence-corrected chi connectivity index (χ0v) is 8.90. The molecule has 1 aliphatic rings. The second kappa shape index (κ2) is 3.89. The van der Waals surface area contributed by atoms with Crippen LogP contribution < -0.4 is 5.32 Å². The van der Waals surface area contributed by atoms with Crippen molar-refractivity contribution in [3.05, 3.63) is 36.0 Å². The fraction of sp³-hybridized carbons (Fsp3) is 0.273. The molecule has 88 valence electrons. The Morgan fingerprint density at radius 1 is 1.29 bits per heavy atom. The van der Waals surface area contributed by atoms with E-state index in [-0.39, 0.29) is 11.6 Å². The molecule has 1 N–H and O–H groups in total. The largest absolute Gasteiger partial charge is 0.312 e. The van der Waals surface area contributed by atoms with E-state index in [1.807, 2.05) is 0 Å². The molecular weight excluding hydrogens is 226 g/mol. The minimum absolute atomic E-state index is 0.142. The summed E-state index contributed by atoms with van der Waals surface area (Å²) >= 11 is 0. The van der Waals surface area contributed by atoms with Crippen molar-refractivity contribution < 1.29 is 8.78 Å². The number of halogens is 2. The van der Waals surface area contributed by atoms with Crippen LogP contribution >= 0.6 is 0 Å². The highest BCUT2D eigenvalue weighted by molar-refractivity contribution is 5.58. The maximum Gasteiger partial charge on any atom is 0.132 e. The number of rotatable bonds is 2. The van der Waals surface area contributed by atoms with Gasteiger partial charge >= 0.3 is 0 Å². The monoisotopic (exact) mass is 236 g/mol. The molecule has 6 heteroatoms. The molecule has 3 rings (SSSR count). The third kappa shape index (κ3) is 1.80. The van der Waals surface area contributed by atoms with E-state index >= 15 is 0 Å². The van der Waals surface area contributed by atoms with Gasteiger partial charge in [0.05, 0.1) is 12.2 Å². The summed E-state index contributed by atoms with van der Waals surface area (Å²) in [5, 5.41) is 10.9. The fourth-order valence-corrected chi connectivity index (χ4v) is 1.73. The van der Waals surface area contributed by atoms with Gasteiger partial charge in [0.2, 0.25) is 0 Å². The first-order chi connectivity index (χ1) is 8.24. The SMILES string of the molecule is Fc1ccc(F)c(-c2cn(C3CNC3)nn2)c1. The normalized spacial score (nSPS) is 15.9. The Balaban J connectivity index is 1.97. The van der Waals surface area contributed by atoms with Crippen LogP contribution in [0.3, 0.4) is 0 Å². The first-order valence-corrected chi connectivity index (χ1v) is 5.32. The number of benzene rings is 1. The smallest absolute Gasteiger partial charge is 0.132 e. The first-order valence-electron chi connectivity index (χ1n) is 5.32. The highest BCUT2D eigenvalue weighted by Crippen LogP contribution is 2.22.